The first-order chi connectivity index (χ1) is 8.04. The lowest BCUT2D eigenvalue weighted by molar-refractivity contribution is -0.884. The van der Waals surface area contributed by atoms with Crippen LogP contribution < -0.4 is 0 Å². The van der Waals surface area contributed by atoms with Crippen LogP contribution in [0.3, 0.4) is 0 Å². The van der Waals surface area contributed by atoms with Crippen LogP contribution in [0.15, 0.2) is 54.6 Å². The molecule has 0 atom stereocenters. The predicted molar refractivity (Wildman–Crippen MR) is 73.6 cm³/mol. The summed E-state index contributed by atoms with van der Waals surface area (Å²) in [6.45, 7) is 1.06. The first-order valence-electron chi connectivity index (χ1n) is 5.99. The molecule has 0 saturated carbocycles. The van der Waals surface area contributed by atoms with E-state index in [1.807, 2.05) is 0 Å². The van der Waals surface area contributed by atoms with Gasteiger partial charge in [0.1, 0.15) is 6.54 Å². The fraction of sp³-hybridized carbons (Fsp3) is 0.250. The van der Waals surface area contributed by atoms with Gasteiger partial charge in [0, 0.05) is 5.56 Å². The van der Waals surface area contributed by atoms with Crippen molar-refractivity contribution in [2.24, 2.45) is 0 Å². The normalized spacial score (nSPS) is 11.5. The van der Waals surface area contributed by atoms with Crippen molar-refractivity contribution in [3.63, 3.8) is 0 Å². The highest BCUT2D eigenvalue weighted by molar-refractivity contribution is 5.63. The zero-order valence-corrected chi connectivity index (χ0v) is 10.9. The SMILES string of the molecule is C[N+](C)(C)Cc1ccc(-c2ccccc2)cc1. The van der Waals surface area contributed by atoms with E-state index in [0.717, 1.165) is 11.0 Å². The lowest BCUT2D eigenvalue weighted by Crippen LogP contribution is -2.33. The molecule has 2 rings (SSSR count). The molecule has 0 aliphatic rings. The molecule has 0 bridgehead atoms. The van der Waals surface area contributed by atoms with Gasteiger partial charge in [0.15, 0.2) is 0 Å². The van der Waals surface area contributed by atoms with Gasteiger partial charge in [-0.15, -0.1) is 0 Å². The van der Waals surface area contributed by atoms with Crippen LogP contribution in [0.5, 0.6) is 0 Å². The van der Waals surface area contributed by atoms with Gasteiger partial charge in [-0.05, 0) is 11.1 Å². The molecular weight excluding hydrogens is 206 g/mol. The third-order valence-electron chi connectivity index (χ3n) is 2.72. The van der Waals surface area contributed by atoms with E-state index in [1.54, 1.807) is 0 Å². The van der Waals surface area contributed by atoms with Crippen LogP contribution in [-0.2, 0) is 6.54 Å². The molecule has 0 amide bonds. The third-order valence-corrected chi connectivity index (χ3v) is 2.72. The smallest absolute Gasteiger partial charge is 0.104 e. The van der Waals surface area contributed by atoms with E-state index in [2.05, 4.69) is 75.7 Å². The second kappa shape index (κ2) is 4.72. The molecule has 2 aromatic carbocycles. The van der Waals surface area contributed by atoms with Crippen LogP contribution in [0.4, 0.5) is 0 Å². The molecule has 0 saturated heterocycles. The molecule has 1 heteroatoms. The van der Waals surface area contributed by atoms with E-state index in [4.69, 9.17) is 0 Å². The molecule has 0 spiro atoms. The summed E-state index contributed by atoms with van der Waals surface area (Å²) in [6, 6.07) is 19.4. The van der Waals surface area contributed by atoms with Gasteiger partial charge in [-0.1, -0.05) is 54.6 Å². The molecule has 2 aromatic rings. The summed E-state index contributed by atoms with van der Waals surface area (Å²) in [4.78, 5) is 0. The summed E-state index contributed by atoms with van der Waals surface area (Å²) in [5.74, 6) is 0. The van der Waals surface area contributed by atoms with Gasteiger partial charge < -0.3 is 4.48 Å². The van der Waals surface area contributed by atoms with Crippen molar-refractivity contribution in [1.29, 1.82) is 0 Å². The van der Waals surface area contributed by atoms with Crippen molar-refractivity contribution in [2.75, 3.05) is 21.1 Å². The van der Waals surface area contributed by atoms with Crippen molar-refractivity contribution in [3.05, 3.63) is 60.2 Å². The number of hydrogen-bond donors (Lipinski definition) is 0. The van der Waals surface area contributed by atoms with Crippen molar-refractivity contribution < 1.29 is 4.48 Å². The zero-order valence-electron chi connectivity index (χ0n) is 10.9. The van der Waals surface area contributed by atoms with Crippen molar-refractivity contribution in [3.8, 4) is 11.1 Å². The Labute approximate surface area is 104 Å². The lowest BCUT2D eigenvalue weighted by atomic mass is 10.0. The van der Waals surface area contributed by atoms with Crippen LogP contribution in [0.1, 0.15) is 5.56 Å². The standard InChI is InChI=1S/C16H20N/c1-17(2,3)13-14-9-11-16(12-10-14)15-7-5-4-6-8-15/h4-12H,13H2,1-3H3/q+1. The van der Waals surface area contributed by atoms with E-state index in [9.17, 15) is 0 Å². The minimum atomic E-state index is 0.963. The van der Waals surface area contributed by atoms with Crippen molar-refractivity contribution in [2.45, 2.75) is 6.54 Å². The van der Waals surface area contributed by atoms with E-state index < -0.39 is 0 Å². The first kappa shape index (κ1) is 11.9. The summed E-state index contributed by atoms with van der Waals surface area (Å²) < 4.78 is 0.963. The van der Waals surface area contributed by atoms with E-state index in [1.165, 1.54) is 16.7 Å². The van der Waals surface area contributed by atoms with Gasteiger partial charge in [-0.3, -0.25) is 0 Å². The largest absolute Gasteiger partial charge is 0.327 e. The van der Waals surface area contributed by atoms with Crippen LogP contribution in [0.2, 0.25) is 0 Å². The summed E-state index contributed by atoms with van der Waals surface area (Å²) >= 11 is 0. The Morgan fingerprint density at radius 1 is 0.706 bits per heavy atom. The maximum atomic E-state index is 2.23. The Kier molecular flexibility index (Phi) is 3.30. The highest BCUT2D eigenvalue weighted by Gasteiger charge is 2.08. The molecule has 88 valence electrons. The highest BCUT2D eigenvalue weighted by atomic mass is 15.3. The summed E-state index contributed by atoms with van der Waals surface area (Å²) in [6.07, 6.45) is 0. The number of benzene rings is 2. The van der Waals surface area contributed by atoms with Gasteiger partial charge in [0.05, 0.1) is 21.1 Å². The minimum absolute atomic E-state index is 0.963. The Balaban J connectivity index is 2.19. The fourth-order valence-electron chi connectivity index (χ4n) is 1.98. The molecule has 0 aliphatic heterocycles. The van der Waals surface area contributed by atoms with E-state index >= 15 is 0 Å². The summed E-state index contributed by atoms with van der Waals surface area (Å²) in [5, 5.41) is 0. The van der Waals surface area contributed by atoms with Gasteiger partial charge in [-0.2, -0.15) is 0 Å². The Morgan fingerprint density at radius 2 is 1.24 bits per heavy atom. The van der Waals surface area contributed by atoms with Crippen LogP contribution >= 0.6 is 0 Å². The fourth-order valence-corrected chi connectivity index (χ4v) is 1.98. The Hall–Kier alpha value is -1.60. The second-order valence-electron chi connectivity index (χ2n) is 5.51. The molecular formula is C16H20N+. The number of quaternary nitrogens is 1. The Bertz CT molecular complexity index is 463. The maximum Gasteiger partial charge on any atom is 0.104 e. The number of nitrogens with zero attached hydrogens (tertiary/aromatic N) is 1. The summed E-state index contributed by atoms with van der Waals surface area (Å²) in [5.41, 5.74) is 3.96. The molecule has 0 aromatic heterocycles. The molecule has 0 fully saturated rings. The molecule has 0 aliphatic carbocycles. The molecule has 0 unspecified atom stereocenters. The molecule has 0 radical (unpaired) electrons. The van der Waals surface area contributed by atoms with E-state index in [0.29, 0.717) is 0 Å². The van der Waals surface area contributed by atoms with Crippen LogP contribution in [-0.4, -0.2) is 25.6 Å². The van der Waals surface area contributed by atoms with Gasteiger partial charge in [-0.25, -0.2) is 0 Å². The average molecular weight is 226 g/mol. The molecule has 1 nitrogen and oxygen atoms in total. The topological polar surface area (TPSA) is 0 Å². The van der Waals surface area contributed by atoms with Crippen molar-refractivity contribution >= 4 is 0 Å². The molecule has 0 N–H and O–H groups in total. The molecule has 0 heterocycles. The van der Waals surface area contributed by atoms with Crippen LogP contribution in [0, 0.1) is 0 Å². The Morgan fingerprint density at radius 3 is 1.76 bits per heavy atom. The number of rotatable bonds is 3. The third kappa shape index (κ3) is 3.43. The minimum Gasteiger partial charge on any atom is -0.327 e. The summed E-state index contributed by atoms with van der Waals surface area (Å²) in [7, 11) is 6.64. The lowest BCUT2D eigenvalue weighted by Gasteiger charge is -2.23. The van der Waals surface area contributed by atoms with Gasteiger partial charge in [0.25, 0.3) is 0 Å². The average Bonchev–Trinajstić information content (AvgIpc) is 2.29. The van der Waals surface area contributed by atoms with Crippen molar-refractivity contribution in [1.82, 2.24) is 0 Å². The predicted octanol–water partition coefficient (Wildman–Crippen LogP) is 3.56. The number of hydrogen-bond acceptors (Lipinski definition) is 0. The molecule has 17 heavy (non-hydrogen) atoms. The van der Waals surface area contributed by atoms with E-state index in [-0.39, 0.29) is 0 Å². The highest BCUT2D eigenvalue weighted by Crippen LogP contribution is 2.19. The monoisotopic (exact) mass is 226 g/mol. The van der Waals surface area contributed by atoms with Gasteiger partial charge >= 0.3 is 0 Å². The second-order valence-corrected chi connectivity index (χ2v) is 5.51. The zero-order chi connectivity index (χ0) is 12.3. The van der Waals surface area contributed by atoms with Crippen LogP contribution in [0.25, 0.3) is 11.1 Å². The quantitative estimate of drug-likeness (QED) is 0.702. The first-order valence-corrected chi connectivity index (χ1v) is 5.99. The maximum absolute atomic E-state index is 2.23. The van der Waals surface area contributed by atoms with Gasteiger partial charge in [0.2, 0.25) is 0 Å².